The second kappa shape index (κ2) is 7.53. The van der Waals surface area contributed by atoms with E-state index in [0.717, 1.165) is 11.5 Å². The number of rotatable bonds is 7. The molecule has 0 aliphatic carbocycles. The van der Waals surface area contributed by atoms with Gasteiger partial charge in [-0.3, -0.25) is 14.5 Å². The summed E-state index contributed by atoms with van der Waals surface area (Å²) in [5, 5.41) is 0. The standard InChI is InChI=1S/C19H19NO3S/c1-14-6-8-15(9-7-14)23-11-13-24-12-10-20-18(21)16-4-2-3-5-17(16)19(20)22/h2-9H,10-13H2,1H3. The van der Waals surface area contributed by atoms with Crippen molar-refractivity contribution in [2.75, 3.05) is 24.7 Å². The van der Waals surface area contributed by atoms with E-state index in [2.05, 4.69) is 0 Å². The predicted octanol–water partition coefficient (Wildman–Crippen LogP) is 3.40. The topological polar surface area (TPSA) is 46.6 Å². The first-order valence-electron chi connectivity index (χ1n) is 7.89. The van der Waals surface area contributed by atoms with E-state index < -0.39 is 0 Å². The summed E-state index contributed by atoms with van der Waals surface area (Å²) in [5.74, 6) is 2.01. The number of thioether (sulfide) groups is 1. The summed E-state index contributed by atoms with van der Waals surface area (Å²) in [6, 6.07) is 14.9. The summed E-state index contributed by atoms with van der Waals surface area (Å²) >= 11 is 1.67. The van der Waals surface area contributed by atoms with Gasteiger partial charge in [-0.1, -0.05) is 29.8 Å². The van der Waals surface area contributed by atoms with Gasteiger partial charge in [0.05, 0.1) is 17.7 Å². The number of amides is 2. The number of carbonyl (C=O) groups is 2. The van der Waals surface area contributed by atoms with Gasteiger partial charge in [-0.25, -0.2) is 0 Å². The van der Waals surface area contributed by atoms with Crippen molar-refractivity contribution in [3.8, 4) is 5.75 Å². The van der Waals surface area contributed by atoms with Crippen molar-refractivity contribution in [1.82, 2.24) is 4.90 Å². The van der Waals surface area contributed by atoms with Crippen LogP contribution in [0.4, 0.5) is 0 Å². The Kier molecular flexibility index (Phi) is 5.20. The molecule has 0 spiro atoms. The molecule has 0 saturated heterocycles. The average molecular weight is 341 g/mol. The monoisotopic (exact) mass is 341 g/mol. The number of carbonyl (C=O) groups excluding carboxylic acids is 2. The van der Waals surface area contributed by atoms with Crippen LogP contribution in [-0.2, 0) is 0 Å². The van der Waals surface area contributed by atoms with Crippen LogP contribution in [0.1, 0.15) is 26.3 Å². The van der Waals surface area contributed by atoms with Crippen LogP contribution in [0.3, 0.4) is 0 Å². The van der Waals surface area contributed by atoms with E-state index in [-0.39, 0.29) is 11.8 Å². The Balaban J connectivity index is 1.39. The Morgan fingerprint density at radius 3 is 2.17 bits per heavy atom. The molecule has 1 heterocycles. The molecule has 0 radical (unpaired) electrons. The van der Waals surface area contributed by atoms with Gasteiger partial charge in [0, 0.05) is 18.1 Å². The van der Waals surface area contributed by atoms with Gasteiger partial charge in [-0.15, -0.1) is 0 Å². The summed E-state index contributed by atoms with van der Waals surface area (Å²) in [6.07, 6.45) is 0. The SMILES string of the molecule is Cc1ccc(OCCSCCN2C(=O)c3ccccc3C2=O)cc1. The number of ether oxygens (including phenoxy) is 1. The van der Waals surface area contributed by atoms with E-state index in [9.17, 15) is 9.59 Å². The van der Waals surface area contributed by atoms with Crippen LogP contribution < -0.4 is 4.74 Å². The zero-order valence-corrected chi connectivity index (χ0v) is 14.3. The molecule has 0 unspecified atom stereocenters. The Labute approximate surface area is 145 Å². The number of aryl methyl sites for hydroxylation is 1. The van der Waals surface area contributed by atoms with Gasteiger partial charge in [0.15, 0.2) is 0 Å². The van der Waals surface area contributed by atoms with E-state index >= 15 is 0 Å². The lowest BCUT2D eigenvalue weighted by atomic mass is 10.1. The number of benzene rings is 2. The normalized spacial score (nSPS) is 13.3. The van der Waals surface area contributed by atoms with Crippen molar-refractivity contribution in [2.45, 2.75) is 6.92 Å². The first-order chi connectivity index (χ1) is 11.7. The first-order valence-corrected chi connectivity index (χ1v) is 9.05. The molecule has 0 fully saturated rings. The third-order valence-corrected chi connectivity index (χ3v) is 4.78. The van der Waals surface area contributed by atoms with E-state index in [0.29, 0.717) is 30.0 Å². The van der Waals surface area contributed by atoms with Crippen LogP contribution in [0, 0.1) is 6.92 Å². The largest absolute Gasteiger partial charge is 0.493 e. The van der Waals surface area contributed by atoms with Crippen molar-refractivity contribution in [3.05, 3.63) is 65.2 Å². The van der Waals surface area contributed by atoms with Gasteiger partial charge in [0.2, 0.25) is 0 Å². The highest BCUT2D eigenvalue weighted by molar-refractivity contribution is 7.99. The van der Waals surface area contributed by atoms with Gasteiger partial charge in [-0.05, 0) is 31.2 Å². The van der Waals surface area contributed by atoms with Crippen molar-refractivity contribution < 1.29 is 14.3 Å². The minimum absolute atomic E-state index is 0.188. The minimum Gasteiger partial charge on any atom is -0.493 e. The van der Waals surface area contributed by atoms with Gasteiger partial charge >= 0.3 is 0 Å². The molecule has 2 aromatic carbocycles. The molecule has 5 heteroatoms. The Bertz CT molecular complexity index is 708. The summed E-state index contributed by atoms with van der Waals surface area (Å²) in [4.78, 5) is 25.8. The number of hydrogen-bond donors (Lipinski definition) is 0. The Morgan fingerprint density at radius 2 is 1.54 bits per heavy atom. The van der Waals surface area contributed by atoms with Gasteiger partial charge < -0.3 is 4.74 Å². The van der Waals surface area contributed by atoms with Gasteiger partial charge in [0.1, 0.15) is 5.75 Å². The second-order valence-corrected chi connectivity index (χ2v) is 6.81. The molecule has 24 heavy (non-hydrogen) atoms. The molecular formula is C19H19NO3S. The smallest absolute Gasteiger partial charge is 0.261 e. The van der Waals surface area contributed by atoms with Crippen LogP contribution in [-0.4, -0.2) is 41.4 Å². The molecule has 1 aliphatic heterocycles. The fourth-order valence-corrected chi connectivity index (χ4v) is 3.27. The highest BCUT2D eigenvalue weighted by Crippen LogP contribution is 2.22. The maximum atomic E-state index is 12.2. The predicted molar refractivity (Wildman–Crippen MR) is 95.8 cm³/mol. The van der Waals surface area contributed by atoms with E-state index in [1.54, 1.807) is 36.0 Å². The van der Waals surface area contributed by atoms with Crippen LogP contribution in [0.15, 0.2) is 48.5 Å². The fraction of sp³-hybridized carbons (Fsp3) is 0.263. The molecule has 2 aromatic rings. The average Bonchev–Trinajstić information content (AvgIpc) is 2.84. The third kappa shape index (κ3) is 3.62. The maximum absolute atomic E-state index is 12.2. The fourth-order valence-electron chi connectivity index (χ4n) is 2.55. The number of fused-ring (bicyclic) bond motifs is 1. The summed E-state index contributed by atoms with van der Waals surface area (Å²) < 4.78 is 5.66. The molecule has 3 rings (SSSR count). The maximum Gasteiger partial charge on any atom is 0.261 e. The lowest BCUT2D eigenvalue weighted by Gasteiger charge is -2.13. The molecule has 4 nitrogen and oxygen atoms in total. The second-order valence-electron chi connectivity index (χ2n) is 5.58. The van der Waals surface area contributed by atoms with Crippen molar-refractivity contribution >= 4 is 23.6 Å². The van der Waals surface area contributed by atoms with Crippen molar-refractivity contribution in [2.24, 2.45) is 0 Å². The lowest BCUT2D eigenvalue weighted by Crippen LogP contribution is -2.32. The molecule has 0 bridgehead atoms. The molecule has 0 aromatic heterocycles. The quantitative estimate of drug-likeness (QED) is 0.572. The zero-order chi connectivity index (χ0) is 16.9. The molecule has 0 saturated carbocycles. The number of hydrogen-bond acceptors (Lipinski definition) is 4. The minimum atomic E-state index is -0.188. The molecule has 0 N–H and O–H groups in total. The molecule has 124 valence electrons. The van der Waals surface area contributed by atoms with Gasteiger partial charge in [0.25, 0.3) is 11.8 Å². The van der Waals surface area contributed by atoms with Crippen LogP contribution in [0.5, 0.6) is 5.75 Å². The van der Waals surface area contributed by atoms with Crippen LogP contribution in [0.25, 0.3) is 0 Å². The number of nitrogens with zero attached hydrogens (tertiary/aromatic N) is 1. The Morgan fingerprint density at radius 1 is 0.917 bits per heavy atom. The van der Waals surface area contributed by atoms with E-state index in [4.69, 9.17) is 4.74 Å². The molecule has 0 atom stereocenters. The van der Waals surface area contributed by atoms with Crippen molar-refractivity contribution in [1.29, 1.82) is 0 Å². The summed E-state index contributed by atoms with van der Waals surface area (Å²) in [5.41, 5.74) is 2.23. The van der Waals surface area contributed by atoms with Crippen LogP contribution in [0.2, 0.25) is 0 Å². The molecule has 1 aliphatic rings. The number of imide groups is 1. The Hall–Kier alpha value is -2.27. The highest BCUT2D eigenvalue weighted by Gasteiger charge is 2.34. The van der Waals surface area contributed by atoms with Gasteiger partial charge in [-0.2, -0.15) is 11.8 Å². The first kappa shape index (κ1) is 16.6. The van der Waals surface area contributed by atoms with Crippen LogP contribution >= 0.6 is 11.8 Å². The zero-order valence-electron chi connectivity index (χ0n) is 13.5. The molecular weight excluding hydrogens is 322 g/mol. The third-order valence-electron chi connectivity index (χ3n) is 3.85. The van der Waals surface area contributed by atoms with Crippen molar-refractivity contribution in [3.63, 3.8) is 0 Å². The molecule has 2 amide bonds. The van der Waals surface area contributed by atoms with E-state index in [1.165, 1.54) is 10.5 Å². The highest BCUT2D eigenvalue weighted by atomic mass is 32.2. The summed E-state index contributed by atoms with van der Waals surface area (Å²) in [6.45, 7) is 3.08. The van der Waals surface area contributed by atoms with E-state index in [1.807, 2.05) is 31.2 Å². The lowest BCUT2D eigenvalue weighted by molar-refractivity contribution is 0.0664. The summed E-state index contributed by atoms with van der Waals surface area (Å²) in [7, 11) is 0.